The van der Waals surface area contributed by atoms with Crippen LogP contribution >= 0.6 is 0 Å². The maximum absolute atomic E-state index is 5.26. The minimum atomic E-state index is 0.374. The molecule has 0 aromatic carbocycles. The maximum Gasteiger partial charge on any atom is 0.152 e. The number of hydrogen-bond acceptors (Lipinski definition) is 2. The van der Waals surface area contributed by atoms with E-state index < -0.39 is 0 Å². The highest BCUT2D eigenvalue weighted by Gasteiger charge is 2.48. The average Bonchev–Trinajstić information content (AvgIpc) is 2.28. The summed E-state index contributed by atoms with van der Waals surface area (Å²) in [6.45, 7) is 17.3. The van der Waals surface area contributed by atoms with Gasteiger partial charge >= 0.3 is 0 Å². The molecule has 5 unspecified atom stereocenters. The van der Waals surface area contributed by atoms with Gasteiger partial charge in [0.05, 0.1) is 0 Å². The van der Waals surface area contributed by atoms with E-state index in [4.69, 9.17) is 9.78 Å². The molecule has 0 amide bonds. The van der Waals surface area contributed by atoms with Crippen molar-refractivity contribution in [3.8, 4) is 0 Å². The fraction of sp³-hybridized carbons (Fsp3) is 0.750. The van der Waals surface area contributed by atoms with Crippen molar-refractivity contribution >= 4 is 0 Å². The number of rotatable bonds is 2. The van der Waals surface area contributed by atoms with Gasteiger partial charge < -0.3 is 0 Å². The molecule has 18 heavy (non-hydrogen) atoms. The lowest BCUT2D eigenvalue weighted by Gasteiger charge is -2.48. The highest BCUT2D eigenvalue weighted by Crippen LogP contribution is 2.52. The predicted molar refractivity (Wildman–Crippen MR) is 73.3 cm³/mol. The fourth-order valence-corrected chi connectivity index (χ4v) is 3.84. The molecule has 2 nitrogen and oxygen atoms in total. The third-order valence-electron chi connectivity index (χ3n) is 4.81. The van der Waals surface area contributed by atoms with Crippen molar-refractivity contribution in [3.05, 3.63) is 24.7 Å². The molecule has 5 atom stereocenters. The molecule has 1 saturated carbocycles. The molecule has 1 saturated heterocycles. The molecule has 0 radical (unpaired) electrons. The third-order valence-corrected chi connectivity index (χ3v) is 4.81. The second-order valence-corrected chi connectivity index (χ2v) is 6.61. The van der Waals surface area contributed by atoms with E-state index in [9.17, 15) is 0 Å². The number of allylic oxidation sites excluding steroid dienone is 2. The minimum absolute atomic E-state index is 0.374. The van der Waals surface area contributed by atoms with Gasteiger partial charge in [-0.15, -0.1) is 0 Å². The molecule has 0 bridgehead atoms. The Balaban J connectivity index is 2.27. The van der Waals surface area contributed by atoms with Crippen LogP contribution in [0.4, 0.5) is 0 Å². The second kappa shape index (κ2) is 4.99. The molecule has 2 fully saturated rings. The van der Waals surface area contributed by atoms with E-state index in [1.165, 1.54) is 12.8 Å². The van der Waals surface area contributed by atoms with Crippen molar-refractivity contribution in [1.29, 1.82) is 0 Å². The van der Waals surface area contributed by atoms with Crippen LogP contribution in [0.15, 0.2) is 24.7 Å². The number of fused-ring (bicyclic) bond motifs is 1. The van der Waals surface area contributed by atoms with Gasteiger partial charge in [0.2, 0.25) is 0 Å². The van der Waals surface area contributed by atoms with E-state index >= 15 is 0 Å². The van der Waals surface area contributed by atoms with Gasteiger partial charge in [-0.2, -0.15) is 0 Å². The van der Waals surface area contributed by atoms with E-state index in [0.29, 0.717) is 35.5 Å². The first kappa shape index (κ1) is 13.5. The highest BCUT2D eigenvalue weighted by molar-refractivity contribution is 5.12. The molecule has 102 valence electrons. The average molecular weight is 250 g/mol. The quantitative estimate of drug-likeness (QED) is 0.669. The van der Waals surface area contributed by atoms with Gasteiger partial charge in [-0.05, 0) is 36.5 Å². The Hall–Kier alpha value is -0.920. The zero-order valence-electron chi connectivity index (χ0n) is 12.1. The zero-order valence-corrected chi connectivity index (χ0v) is 12.1. The molecule has 2 aliphatic rings. The Labute approximate surface area is 111 Å². The van der Waals surface area contributed by atoms with Crippen molar-refractivity contribution in [2.75, 3.05) is 0 Å². The topological polar surface area (TPSA) is 18.5 Å². The zero-order chi connectivity index (χ0) is 13.4. The molecule has 0 aromatic rings. The highest BCUT2D eigenvalue weighted by atomic mass is 17.2. The summed E-state index contributed by atoms with van der Waals surface area (Å²) in [5.41, 5.74) is 0. The standard InChI is InChI=1S/C16H26O2/c1-9(2)7-14-8-10(3)11(4)15-12(5)17-18-13(6)16(14)15/h9-11,14-16H,5-8H2,1-4H3. The molecule has 2 heteroatoms. The molecule has 2 rings (SSSR count). The van der Waals surface area contributed by atoms with Crippen LogP contribution in [-0.4, -0.2) is 0 Å². The Morgan fingerprint density at radius 2 is 1.67 bits per heavy atom. The van der Waals surface area contributed by atoms with E-state index in [-0.39, 0.29) is 0 Å². The first-order valence-electron chi connectivity index (χ1n) is 7.14. The second-order valence-electron chi connectivity index (χ2n) is 6.61. The first-order chi connectivity index (χ1) is 8.41. The normalized spacial score (nSPS) is 40.2. The first-order valence-corrected chi connectivity index (χ1v) is 7.14. The molecule has 0 spiro atoms. The molecule has 1 aliphatic carbocycles. The molecular formula is C16H26O2. The Kier molecular flexibility index (Phi) is 3.74. The van der Waals surface area contributed by atoms with Gasteiger partial charge in [0.1, 0.15) is 0 Å². The summed E-state index contributed by atoms with van der Waals surface area (Å²) in [4.78, 5) is 10.5. The lowest BCUT2D eigenvalue weighted by Crippen LogP contribution is -2.43. The maximum atomic E-state index is 5.26. The Bertz CT molecular complexity index is 345. The van der Waals surface area contributed by atoms with Crippen LogP contribution in [0.5, 0.6) is 0 Å². The van der Waals surface area contributed by atoms with Crippen molar-refractivity contribution in [1.82, 2.24) is 0 Å². The Morgan fingerprint density at radius 3 is 2.22 bits per heavy atom. The molecular weight excluding hydrogens is 224 g/mol. The van der Waals surface area contributed by atoms with Gasteiger partial charge in [-0.25, -0.2) is 0 Å². The van der Waals surface area contributed by atoms with Crippen LogP contribution in [-0.2, 0) is 9.78 Å². The van der Waals surface area contributed by atoms with Crippen molar-refractivity contribution in [2.24, 2.45) is 35.5 Å². The summed E-state index contributed by atoms with van der Waals surface area (Å²) in [7, 11) is 0. The van der Waals surface area contributed by atoms with Gasteiger partial charge in [-0.1, -0.05) is 40.9 Å². The summed E-state index contributed by atoms with van der Waals surface area (Å²) in [5, 5.41) is 0. The summed E-state index contributed by atoms with van der Waals surface area (Å²) in [6.07, 6.45) is 2.49. The predicted octanol–water partition coefficient (Wildman–Crippen LogP) is 4.55. The van der Waals surface area contributed by atoms with Gasteiger partial charge in [0.25, 0.3) is 0 Å². The van der Waals surface area contributed by atoms with Crippen LogP contribution in [0.1, 0.15) is 40.5 Å². The summed E-state index contributed by atoms with van der Waals surface area (Å²) in [6, 6.07) is 0. The van der Waals surface area contributed by atoms with Gasteiger partial charge in [0.15, 0.2) is 11.5 Å². The molecule has 0 N–H and O–H groups in total. The molecule has 0 aromatic heterocycles. The summed E-state index contributed by atoms with van der Waals surface area (Å²) < 4.78 is 0. The van der Waals surface area contributed by atoms with Crippen LogP contribution < -0.4 is 0 Å². The van der Waals surface area contributed by atoms with Crippen LogP contribution in [0.25, 0.3) is 0 Å². The van der Waals surface area contributed by atoms with E-state index in [1.807, 2.05) is 0 Å². The van der Waals surface area contributed by atoms with Crippen molar-refractivity contribution in [2.45, 2.75) is 40.5 Å². The van der Waals surface area contributed by atoms with E-state index in [1.54, 1.807) is 0 Å². The lowest BCUT2D eigenvalue weighted by molar-refractivity contribution is -0.277. The molecule has 1 aliphatic heterocycles. The smallest absolute Gasteiger partial charge is 0.152 e. The summed E-state index contributed by atoms with van der Waals surface area (Å²) in [5.74, 6) is 5.01. The monoisotopic (exact) mass is 250 g/mol. The minimum Gasteiger partial charge on any atom is -0.295 e. The Morgan fingerprint density at radius 1 is 1.11 bits per heavy atom. The third kappa shape index (κ3) is 2.30. The van der Waals surface area contributed by atoms with E-state index in [0.717, 1.165) is 11.5 Å². The van der Waals surface area contributed by atoms with Gasteiger partial charge in [-0.3, -0.25) is 9.78 Å². The fourth-order valence-electron chi connectivity index (χ4n) is 3.84. The SMILES string of the molecule is C=C1OOC(=C)C2C(C)C(C)CC(CC(C)C)C12. The lowest BCUT2D eigenvalue weighted by atomic mass is 9.60. The summed E-state index contributed by atoms with van der Waals surface area (Å²) >= 11 is 0. The van der Waals surface area contributed by atoms with Crippen LogP contribution in [0.3, 0.4) is 0 Å². The van der Waals surface area contributed by atoms with Crippen LogP contribution in [0.2, 0.25) is 0 Å². The van der Waals surface area contributed by atoms with E-state index in [2.05, 4.69) is 40.9 Å². The largest absolute Gasteiger partial charge is 0.295 e. The van der Waals surface area contributed by atoms with Gasteiger partial charge in [0, 0.05) is 11.8 Å². The van der Waals surface area contributed by atoms with Crippen molar-refractivity contribution < 1.29 is 9.78 Å². The molecule has 1 heterocycles. The van der Waals surface area contributed by atoms with Crippen LogP contribution in [0, 0.1) is 35.5 Å². The number of hydrogen-bond donors (Lipinski definition) is 0. The van der Waals surface area contributed by atoms with Crippen molar-refractivity contribution in [3.63, 3.8) is 0 Å².